The number of hydrogen-bond acceptors (Lipinski definition) is 4. The van der Waals surface area contributed by atoms with Gasteiger partial charge in [0.05, 0.1) is 16.8 Å². The molecule has 26 heavy (non-hydrogen) atoms. The van der Waals surface area contributed by atoms with Gasteiger partial charge < -0.3 is 4.90 Å². The van der Waals surface area contributed by atoms with Crippen molar-refractivity contribution in [3.63, 3.8) is 0 Å². The van der Waals surface area contributed by atoms with Crippen LogP contribution in [-0.2, 0) is 10.0 Å². The molecule has 3 aromatic rings. The summed E-state index contributed by atoms with van der Waals surface area (Å²) < 4.78 is 28.3. The molecule has 1 aromatic carbocycles. The van der Waals surface area contributed by atoms with Crippen molar-refractivity contribution >= 4 is 49.3 Å². The average molecular weight is 481 g/mol. The third-order valence-electron chi connectivity index (χ3n) is 4.85. The number of rotatable bonds is 3. The van der Waals surface area contributed by atoms with Crippen LogP contribution in [0.4, 0.5) is 5.69 Å². The van der Waals surface area contributed by atoms with Gasteiger partial charge in [-0.1, -0.05) is 17.7 Å². The molecule has 0 saturated carbocycles. The minimum atomic E-state index is -3.66. The highest BCUT2D eigenvalue weighted by Gasteiger charge is 2.22. The number of nitrogens with zero attached hydrogens (tertiary/aromatic N) is 3. The third-order valence-corrected chi connectivity index (χ3v) is 7.37. The molecule has 0 bridgehead atoms. The number of pyridine rings is 1. The van der Waals surface area contributed by atoms with Crippen molar-refractivity contribution in [2.75, 3.05) is 18.0 Å². The summed E-state index contributed by atoms with van der Waals surface area (Å²) in [7, 11) is -3.66. The zero-order valence-corrected chi connectivity index (χ0v) is 17.5. The molecular formula is C19H20IN3O2S. The van der Waals surface area contributed by atoms with Crippen LogP contribution in [0.5, 0.6) is 0 Å². The molecule has 4 rings (SSSR count). The van der Waals surface area contributed by atoms with Crippen molar-refractivity contribution in [2.45, 2.75) is 31.1 Å². The summed E-state index contributed by atoms with van der Waals surface area (Å²) in [6.45, 7) is 4.01. The van der Waals surface area contributed by atoms with E-state index in [-0.39, 0.29) is 4.90 Å². The molecule has 0 atom stereocenters. The number of anilines is 1. The molecule has 136 valence electrons. The maximum Gasteiger partial charge on any atom is 0.269 e. The monoisotopic (exact) mass is 481 g/mol. The van der Waals surface area contributed by atoms with E-state index in [4.69, 9.17) is 0 Å². The minimum Gasteiger partial charge on any atom is -0.370 e. The van der Waals surface area contributed by atoms with Gasteiger partial charge in [-0.3, -0.25) is 0 Å². The van der Waals surface area contributed by atoms with Crippen molar-refractivity contribution in [2.24, 2.45) is 0 Å². The first kappa shape index (κ1) is 17.8. The van der Waals surface area contributed by atoms with E-state index in [0.29, 0.717) is 5.65 Å². The Morgan fingerprint density at radius 2 is 1.77 bits per heavy atom. The highest BCUT2D eigenvalue weighted by Crippen LogP contribution is 2.30. The van der Waals surface area contributed by atoms with E-state index in [1.807, 2.05) is 19.1 Å². The van der Waals surface area contributed by atoms with Crippen LogP contribution in [0.15, 0.2) is 47.6 Å². The maximum absolute atomic E-state index is 13.1. The predicted octanol–water partition coefficient (Wildman–Crippen LogP) is 4.18. The van der Waals surface area contributed by atoms with E-state index >= 15 is 0 Å². The van der Waals surface area contributed by atoms with Gasteiger partial charge in [-0.25, -0.2) is 17.4 Å². The summed E-state index contributed by atoms with van der Waals surface area (Å²) in [5.41, 5.74) is 2.58. The molecule has 5 nitrogen and oxygen atoms in total. The second-order valence-corrected chi connectivity index (χ2v) is 9.68. The Hall–Kier alpha value is -1.61. The summed E-state index contributed by atoms with van der Waals surface area (Å²) in [5, 5.41) is 0.879. The Labute approximate surface area is 167 Å². The van der Waals surface area contributed by atoms with Crippen molar-refractivity contribution in [1.82, 2.24) is 8.96 Å². The molecule has 7 heteroatoms. The SMILES string of the molecule is Cc1ccc(S(=O)(=O)n2cc(I)c3cc(N4CCCCC4)cnc32)cc1. The number of piperidine rings is 1. The number of aryl methyl sites for hydroxylation is 1. The van der Waals surface area contributed by atoms with Crippen molar-refractivity contribution in [3.05, 3.63) is 51.9 Å². The number of fused-ring (bicyclic) bond motifs is 1. The lowest BCUT2D eigenvalue weighted by Crippen LogP contribution is -2.29. The molecule has 1 aliphatic heterocycles. The van der Waals surface area contributed by atoms with Gasteiger partial charge in [0.15, 0.2) is 5.65 Å². The Morgan fingerprint density at radius 3 is 2.46 bits per heavy atom. The second kappa shape index (κ2) is 6.84. The van der Waals surface area contributed by atoms with Gasteiger partial charge in [0.1, 0.15) is 0 Å². The first-order chi connectivity index (χ1) is 12.5. The van der Waals surface area contributed by atoms with Crippen molar-refractivity contribution in [3.8, 4) is 0 Å². The molecule has 1 aliphatic rings. The standard InChI is InChI=1S/C19H20IN3O2S/c1-14-5-7-16(8-6-14)26(24,25)23-13-18(20)17-11-15(12-21-19(17)23)22-9-3-2-4-10-22/h5-8,11-13H,2-4,9-10H2,1H3. The highest BCUT2D eigenvalue weighted by atomic mass is 127. The summed E-state index contributed by atoms with van der Waals surface area (Å²) in [5.74, 6) is 0. The van der Waals surface area contributed by atoms with Gasteiger partial charge in [-0.2, -0.15) is 0 Å². The molecule has 0 unspecified atom stereocenters. The number of halogens is 1. The Kier molecular flexibility index (Phi) is 4.68. The highest BCUT2D eigenvalue weighted by molar-refractivity contribution is 14.1. The number of benzene rings is 1. The lowest BCUT2D eigenvalue weighted by Gasteiger charge is -2.28. The maximum atomic E-state index is 13.1. The van der Waals surface area contributed by atoms with Gasteiger partial charge >= 0.3 is 0 Å². The zero-order valence-electron chi connectivity index (χ0n) is 14.5. The van der Waals surface area contributed by atoms with Crippen LogP contribution in [0.25, 0.3) is 11.0 Å². The van der Waals surface area contributed by atoms with E-state index in [1.54, 1.807) is 24.5 Å². The Balaban J connectivity index is 1.80. The van der Waals surface area contributed by atoms with Crippen molar-refractivity contribution in [1.29, 1.82) is 0 Å². The lowest BCUT2D eigenvalue weighted by atomic mass is 10.1. The zero-order chi connectivity index (χ0) is 18.3. The van der Waals surface area contributed by atoms with E-state index in [2.05, 4.69) is 38.5 Å². The summed E-state index contributed by atoms with van der Waals surface area (Å²) >= 11 is 2.19. The van der Waals surface area contributed by atoms with Crippen LogP contribution >= 0.6 is 22.6 Å². The smallest absolute Gasteiger partial charge is 0.269 e. The van der Waals surface area contributed by atoms with Crippen LogP contribution in [0.3, 0.4) is 0 Å². The van der Waals surface area contributed by atoms with Crippen LogP contribution in [0.1, 0.15) is 24.8 Å². The molecule has 1 saturated heterocycles. The normalized spacial score (nSPS) is 15.5. The molecule has 2 aromatic heterocycles. The van der Waals surface area contributed by atoms with Crippen LogP contribution in [0.2, 0.25) is 0 Å². The minimum absolute atomic E-state index is 0.276. The van der Waals surface area contributed by atoms with E-state index in [9.17, 15) is 8.42 Å². The van der Waals surface area contributed by atoms with Gasteiger partial charge in [-0.05, 0) is 67.0 Å². The van der Waals surface area contributed by atoms with Gasteiger partial charge in [0, 0.05) is 28.2 Å². The molecule has 0 spiro atoms. The topological polar surface area (TPSA) is 55.2 Å². The number of aromatic nitrogens is 2. The van der Waals surface area contributed by atoms with E-state index in [0.717, 1.165) is 33.3 Å². The Morgan fingerprint density at radius 1 is 1.08 bits per heavy atom. The number of hydrogen-bond donors (Lipinski definition) is 0. The summed E-state index contributed by atoms with van der Waals surface area (Å²) in [6, 6.07) is 8.98. The molecule has 0 radical (unpaired) electrons. The quantitative estimate of drug-likeness (QED) is 0.527. The van der Waals surface area contributed by atoms with Gasteiger partial charge in [0.2, 0.25) is 0 Å². The van der Waals surface area contributed by atoms with Crippen LogP contribution < -0.4 is 4.90 Å². The fourth-order valence-electron chi connectivity index (χ4n) is 3.36. The lowest BCUT2D eigenvalue weighted by molar-refractivity contribution is 0.577. The summed E-state index contributed by atoms with van der Waals surface area (Å²) in [6.07, 6.45) is 7.11. The molecule has 0 aliphatic carbocycles. The Bertz CT molecular complexity index is 1050. The largest absolute Gasteiger partial charge is 0.370 e. The van der Waals surface area contributed by atoms with Crippen LogP contribution in [0, 0.1) is 10.5 Å². The molecule has 1 fully saturated rings. The first-order valence-electron chi connectivity index (χ1n) is 8.70. The molecule has 3 heterocycles. The fourth-order valence-corrected chi connectivity index (χ4v) is 5.55. The summed E-state index contributed by atoms with van der Waals surface area (Å²) in [4.78, 5) is 7.13. The van der Waals surface area contributed by atoms with E-state index < -0.39 is 10.0 Å². The molecule has 0 N–H and O–H groups in total. The molecule has 0 amide bonds. The van der Waals surface area contributed by atoms with Gasteiger partial charge in [-0.15, -0.1) is 0 Å². The van der Waals surface area contributed by atoms with Crippen LogP contribution in [-0.4, -0.2) is 30.5 Å². The second-order valence-electron chi connectivity index (χ2n) is 6.70. The van der Waals surface area contributed by atoms with Gasteiger partial charge in [0.25, 0.3) is 10.0 Å². The predicted molar refractivity (Wildman–Crippen MR) is 112 cm³/mol. The van der Waals surface area contributed by atoms with Crippen molar-refractivity contribution < 1.29 is 8.42 Å². The molecular weight excluding hydrogens is 461 g/mol. The third kappa shape index (κ3) is 3.11. The average Bonchev–Trinajstić information content (AvgIpc) is 3.00. The van der Waals surface area contributed by atoms with E-state index in [1.165, 1.54) is 23.2 Å². The fraction of sp³-hybridized carbons (Fsp3) is 0.316. The first-order valence-corrected chi connectivity index (χ1v) is 11.2.